The highest BCUT2D eigenvalue weighted by Crippen LogP contribution is 2.20. The molecule has 4 rings (SSSR count). The molecule has 0 bridgehead atoms. The number of amides is 2. The first-order chi connectivity index (χ1) is 13.1. The SMILES string of the molecule is Cc1cccc(CN2CCN3C(=O)[C@@H](Cc4ccccc4)NC(=O)[C@H]3C2)c1. The van der Waals surface area contributed by atoms with E-state index in [-0.39, 0.29) is 17.9 Å². The van der Waals surface area contributed by atoms with Crippen LogP contribution in [0.2, 0.25) is 0 Å². The normalized spacial score (nSPS) is 23.1. The molecule has 2 amide bonds. The smallest absolute Gasteiger partial charge is 0.246 e. The quantitative estimate of drug-likeness (QED) is 0.900. The van der Waals surface area contributed by atoms with E-state index >= 15 is 0 Å². The van der Waals surface area contributed by atoms with Gasteiger partial charge >= 0.3 is 0 Å². The fraction of sp³-hybridized carbons (Fsp3) is 0.364. The lowest BCUT2D eigenvalue weighted by molar-refractivity contribution is -0.153. The van der Waals surface area contributed by atoms with E-state index in [2.05, 4.69) is 41.4 Å². The summed E-state index contributed by atoms with van der Waals surface area (Å²) in [5.41, 5.74) is 3.54. The van der Waals surface area contributed by atoms with Crippen molar-refractivity contribution in [3.63, 3.8) is 0 Å². The molecule has 2 fully saturated rings. The molecule has 2 saturated heterocycles. The maximum atomic E-state index is 12.9. The molecule has 2 heterocycles. The molecule has 2 aliphatic heterocycles. The number of carbonyl (C=O) groups is 2. The standard InChI is InChI=1S/C22H25N3O2/c1-16-6-5-9-18(12-16)14-24-10-11-25-20(15-24)21(26)23-19(22(25)27)13-17-7-3-2-4-8-17/h2-9,12,19-20H,10-11,13-15H2,1H3,(H,23,26)/t19-,20-/m1/s1. The topological polar surface area (TPSA) is 52.6 Å². The van der Waals surface area contributed by atoms with E-state index in [1.165, 1.54) is 11.1 Å². The van der Waals surface area contributed by atoms with Gasteiger partial charge in [-0.25, -0.2) is 0 Å². The van der Waals surface area contributed by atoms with Gasteiger partial charge in [0.1, 0.15) is 12.1 Å². The van der Waals surface area contributed by atoms with Crippen molar-refractivity contribution < 1.29 is 9.59 Å². The molecule has 5 nitrogen and oxygen atoms in total. The highest BCUT2D eigenvalue weighted by Gasteiger charge is 2.43. The van der Waals surface area contributed by atoms with E-state index in [0.29, 0.717) is 19.5 Å². The number of rotatable bonds is 4. The summed E-state index contributed by atoms with van der Waals surface area (Å²) >= 11 is 0. The van der Waals surface area contributed by atoms with Gasteiger partial charge in [-0.15, -0.1) is 0 Å². The van der Waals surface area contributed by atoms with Crippen molar-refractivity contribution in [2.24, 2.45) is 0 Å². The monoisotopic (exact) mass is 363 g/mol. The summed E-state index contributed by atoms with van der Waals surface area (Å²) < 4.78 is 0. The fourth-order valence-electron chi connectivity index (χ4n) is 4.06. The van der Waals surface area contributed by atoms with Crippen molar-refractivity contribution in [3.05, 3.63) is 71.3 Å². The molecule has 0 radical (unpaired) electrons. The predicted octanol–water partition coefficient (Wildman–Crippen LogP) is 1.75. The fourth-order valence-corrected chi connectivity index (χ4v) is 4.06. The minimum Gasteiger partial charge on any atom is -0.342 e. The maximum Gasteiger partial charge on any atom is 0.246 e. The first-order valence-electron chi connectivity index (χ1n) is 9.53. The first-order valence-corrected chi connectivity index (χ1v) is 9.53. The Morgan fingerprint density at radius 3 is 2.56 bits per heavy atom. The number of carbonyl (C=O) groups excluding carboxylic acids is 2. The average Bonchev–Trinajstić information content (AvgIpc) is 2.67. The van der Waals surface area contributed by atoms with E-state index in [9.17, 15) is 9.59 Å². The number of nitrogens with one attached hydrogen (secondary N) is 1. The van der Waals surface area contributed by atoms with Gasteiger partial charge in [-0.2, -0.15) is 0 Å². The molecule has 2 atom stereocenters. The van der Waals surface area contributed by atoms with Crippen molar-refractivity contribution in [3.8, 4) is 0 Å². The number of nitrogens with zero attached hydrogens (tertiary/aromatic N) is 2. The molecule has 2 aromatic rings. The summed E-state index contributed by atoms with van der Waals surface area (Å²) in [6.45, 7) is 4.88. The Balaban J connectivity index is 1.42. The highest BCUT2D eigenvalue weighted by molar-refractivity contribution is 5.97. The van der Waals surface area contributed by atoms with Gasteiger partial charge < -0.3 is 10.2 Å². The molecular weight excluding hydrogens is 338 g/mol. The summed E-state index contributed by atoms with van der Waals surface area (Å²) in [6, 6.07) is 17.4. The van der Waals surface area contributed by atoms with Crippen molar-refractivity contribution >= 4 is 11.8 Å². The van der Waals surface area contributed by atoms with Crippen LogP contribution in [0.5, 0.6) is 0 Å². The summed E-state index contributed by atoms with van der Waals surface area (Å²) in [5.74, 6) is 0.00290. The molecule has 2 aromatic carbocycles. The molecule has 1 N–H and O–H groups in total. The zero-order chi connectivity index (χ0) is 18.8. The zero-order valence-electron chi connectivity index (χ0n) is 15.6. The lowest BCUT2D eigenvalue weighted by Crippen LogP contribution is -2.69. The van der Waals surface area contributed by atoms with Gasteiger partial charge in [0.15, 0.2) is 0 Å². The lowest BCUT2D eigenvalue weighted by atomic mass is 9.98. The van der Waals surface area contributed by atoms with Crippen molar-refractivity contribution in [1.82, 2.24) is 15.1 Å². The highest BCUT2D eigenvalue weighted by atomic mass is 16.2. The lowest BCUT2D eigenvalue weighted by Gasteiger charge is -2.45. The second-order valence-corrected chi connectivity index (χ2v) is 7.52. The van der Waals surface area contributed by atoms with Crippen molar-refractivity contribution in [2.75, 3.05) is 19.6 Å². The van der Waals surface area contributed by atoms with Crippen LogP contribution in [0.25, 0.3) is 0 Å². The number of piperazine rings is 2. The predicted molar refractivity (Wildman–Crippen MR) is 104 cm³/mol. The Morgan fingerprint density at radius 2 is 1.78 bits per heavy atom. The second-order valence-electron chi connectivity index (χ2n) is 7.52. The first kappa shape index (κ1) is 17.7. The van der Waals surface area contributed by atoms with Gasteiger partial charge in [-0.05, 0) is 18.1 Å². The minimum absolute atomic E-state index is 0.0375. The third kappa shape index (κ3) is 3.88. The summed E-state index contributed by atoms with van der Waals surface area (Å²) in [5, 5.41) is 2.95. The Bertz CT molecular complexity index is 836. The molecular formula is C22H25N3O2. The Hall–Kier alpha value is -2.66. The van der Waals surface area contributed by atoms with E-state index in [1.54, 1.807) is 4.90 Å². The van der Waals surface area contributed by atoms with Crippen LogP contribution in [-0.4, -0.2) is 53.3 Å². The van der Waals surface area contributed by atoms with Crippen LogP contribution in [0, 0.1) is 6.92 Å². The molecule has 0 aliphatic carbocycles. The zero-order valence-corrected chi connectivity index (χ0v) is 15.6. The van der Waals surface area contributed by atoms with E-state index in [0.717, 1.165) is 18.7 Å². The number of hydrogen-bond donors (Lipinski definition) is 1. The van der Waals surface area contributed by atoms with Crippen LogP contribution in [0.4, 0.5) is 0 Å². The van der Waals surface area contributed by atoms with Gasteiger partial charge in [0.05, 0.1) is 0 Å². The Kier molecular flexibility index (Phi) is 4.94. The summed E-state index contributed by atoms with van der Waals surface area (Å²) in [4.78, 5) is 29.6. The summed E-state index contributed by atoms with van der Waals surface area (Å²) in [6.07, 6.45) is 0.543. The molecule has 0 spiro atoms. The number of aryl methyl sites for hydroxylation is 1. The third-order valence-corrected chi connectivity index (χ3v) is 5.44. The van der Waals surface area contributed by atoms with Crippen LogP contribution in [0.3, 0.4) is 0 Å². The van der Waals surface area contributed by atoms with Gasteiger partial charge in [0.25, 0.3) is 0 Å². The molecule has 0 saturated carbocycles. The van der Waals surface area contributed by atoms with Gasteiger partial charge in [-0.1, -0.05) is 60.2 Å². The number of hydrogen-bond acceptors (Lipinski definition) is 3. The van der Waals surface area contributed by atoms with Crippen molar-refractivity contribution in [1.29, 1.82) is 0 Å². The molecule has 27 heavy (non-hydrogen) atoms. The molecule has 0 aromatic heterocycles. The second kappa shape index (κ2) is 7.53. The van der Waals surface area contributed by atoms with Gasteiger partial charge in [-0.3, -0.25) is 14.5 Å². The molecule has 0 unspecified atom stereocenters. The Labute approximate surface area is 160 Å². The van der Waals surface area contributed by atoms with E-state index in [1.807, 2.05) is 30.3 Å². The number of fused-ring (bicyclic) bond motifs is 1. The van der Waals surface area contributed by atoms with Gasteiger partial charge in [0, 0.05) is 32.6 Å². The van der Waals surface area contributed by atoms with Crippen LogP contribution in [0.15, 0.2) is 54.6 Å². The minimum atomic E-state index is -0.459. The third-order valence-electron chi connectivity index (χ3n) is 5.44. The Morgan fingerprint density at radius 1 is 1.00 bits per heavy atom. The van der Waals surface area contributed by atoms with E-state index < -0.39 is 6.04 Å². The van der Waals surface area contributed by atoms with Crippen LogP contribution in [0.1, 0.15) is 16.7 Å². The van der Waals surface area contributed by atoms with Crippen LogP contribution in [-0.2, 0) is 22.6 Å². The van der Waals surface area contributed by atoms with E-state index in [4.69, 9.17) is 0 Å². The van der Waals surface area contributed by atoms with Crippen molar-refractivity contribution in [2.45, 2.75) is 32.0 Å². The molecule has 140 valence electrons. The molecule has 2 aliphatic rings. The van der Waals surface area contributed by atoms with Crippen LogP contribution < -0.4 is 5.32 Å². The number of benzene rings is 2. The van der Waals surface area contributed by atoms with Crippen LogP contribution >= 0.6 is 0 Å². The summed E-state index contributed by atoms with van der Waals surface area (Å²) in [7, 11) is 0. The van der Waals surface area contributed by atoms with Gasteiger partial charge in [0.2, 0.25) is 11.8 Å². The maximum absolute atomic E-state index is 12.9. The molecule has 5 heteroatoms. The largest absolute Gasteiger partial charge is 0.342 e. The average molecular weight is 363 g/mol.